The van der Waals surface area contributed by atoms with Crippen molar-refractivity contribution in [3.05, 3.63) is 155 Å². The van der Waals surface area contributed by atoms with Gasteiger partial charge in [0.2, 0.25) is 5.72 Å². The maximum absolute atomic E-state index is 6.96. The van der Waals surface area contributed by atoms with Crippen LogP contribution in [-0.4, -0.2) is 0 Å². The summed E-state index contributed by atoms with van der Waals surface area (Å²) in [6, 6.07) is 42.0. The first-order valence-electron chi connectivity index (χ1n) is 10.8. The smallest absolute Gasteiger partial charge is 0.213 e. The molecule has 32 heavy (non-hydrogen) atoms. The van der Waals surface area contributed by atoms with E-state index < -0.39 is 5.72 Å². The van der Waals surface area contributed by atoms with Gasteiger partial charge >= 0.3 is 0 Å². The molecule has 0 spiro atoms. The third kappa shape index (κ3) is 4.10. The Kier molecular flexibility index (Phi) is 6.10. The zero-order valence-corrected chi connectivity index (χ0v) is 19.7. The Morgan fingerprint density at radius 3 is 1.66 bits per heavy atom. The van der Waals surface area contributed by atoms with Gasteiger partial charge in [-0.05, 0) is 17.2 Å². The van der Waals surface area contributed by atoms with Gasteiger partial charge in [0.1, 0.15) is 5.76 Å². The van der Waals surface area contributed by atoms with Gasteiger partial charge < -0.3 is 4.74 Å². The highest BCUT2D eigenvalue weighted by molar-refractivity contribution is 14.1. The molecule has 1 heterocycles. The van der Waals surface area contributed by atoms with E-state index in [2.05, 4.69) is 143 Å². The van der Waals surface area contributed by atoms with Gasteiger partial charge in [-0.25, -0.2) is 0 Å². The minimum absolute atomic E-state index is 0.00124. The fourth-order valence-electron chi connectivity index (χ4n) is 4.22. The van der Waals surface area contributed by atoms with E-state index in [4.69, 9.17) is 4.74 Å². The number of ether oxygens (including phenoxy) is 1. The number of nitrogens with one attached hydrogen (secondary N) is 1. The number of benzene rings is 4. The van der Waals surface area contributed by atoms with Gasteiger partial charge in [-0.1, -0.05) is 144 Å². The lowest BCUT2D eigenvalue weighted by Crippen LogP contribution is -2.50. The number of alkyl halides is 1. The van der Waals surface area contributed by atoms with Gasteiger partial charge in [-0.3, -0.25) is 5.32 Å². The van der Waals surface area contributed by atoms with E-state index in [-0.39, 0.29) is 9.97 Å². The molecular weight excluding hydrogens is 505 g/mol. The van der Waals surface area contributed by atoms with Crippen molar-refractivity contribution in [2.75, 3.05) is 0 Å². The Balaban J connectivity index is 1.68. The molecule has 1 aliphatic heterocycles. The quantitative estimate of drug-likeness (QED) is 0.216. The first kappa shape index (κ1) is 21.0. The minimum atomic E-state index is -0.800. The highest BCUT2D eigenvalue weighted by atomic mass is 127. The lowest BCUT2D eigenvalue weighted by molar-refractivity contribution is -0.0206. The molecule has 4 aromatic rings. The topological polar surface area (TPSA) is 21.3 Å². The van der Waals surface area contributed by atoms with Crippen LogP contribution in [0.4, 0.5) is 0 Å². The largest absolute Gasteiger partial charge is 0.467 e. The van der Waals surface area contributed by atoms with E-state index >= 15 is 0 Å². The van der Waals surface area contributed by atoms with Crippen molar-refractivity contribution in [3.8, 4) is 0 Å². The molecule has 4 aromatic carbocycles. The van der Waals surface area contributed by atoms with Gasteiger partial charge in [0, 0.05) is 11.1 Å². The molecule has 0 amide bonds. The van der Waals surface area contributed by atoms with E-state index in [9.17, 15) is 0 Å². The first-order valence-corrected chi connectivity index (χ1v) is 12.0. The van der Waals surface area contributed by atoms with Crippen LogP contribution in [0.5, 0.6) is 0 Å². The molecule has 3 heteroatoms. The van der Waals surface area contributed by atoms with Crippen LogP contribution in [0, 0.1) is 0 Å². The van der Waals surface area contributed by atoms with Crippen LogP contribution in [0.25, 0.3) is 0 Å². The summed E-state index contributed by atoms with van der Waals surface area (Å²) >= 11 is 2.49. The predicted octanol–water partition coefficient (Wildman–Crippen LogP) is 7.31. The fourth-order valence-corrected chi connectivity index (χ4v) is 4.97. The maximum Gasteiger partial charge on any atom is 0.213 e. The number of halogens is 1. The Labute approximate surface area is 203 Å². The van der Waals surface area contributed by atoms with E-state index in [1.165, 1.54) is 11.1 Å². The molecule has 1 aliphatic rings. The molecule has 0 bridgehead atoms. The van der Waals surface area contributed by atoms with Crippen LogP contribution in [0.2, 0.25) is 0 Å². The maximum atomic E-state index is 6.96. The molecule has 5 rings (SSSR count). The van der Waals surface area contributed by atoms with Gasteiger partial charge in [-0.2, -0.15) is 0 Å². The van der Waals surface area contributed by atoms with Crippen molar-refractivity contribution >= 4 is 22.6 Å². The highest BCUT2D eigenvalue weighted by Crippen LogP contribution is 2.45. The summed E-state index contributed by atoms with van der Waals surface area (Å²) in [4.78, 5) is 0. The van der Waals surface area contributed by atoms with Crippen LogP contribution < -0.4 is 5.32 Å². The summed E-state index contributed by atoms with van der Waals surface area (Å²) in [7, 11) is 0. The average Bonchev–Trinajstić information content (AvgIpc) is 2.90. The Morgan fingerprint density at radius 1 is 0.656 bits per heavy atom. The highest BCUT2D eigenvalue weighted by Gasteiger charge is 2.43. The van der Waals surface area contributed by atoms with Crippen molar-refractivity contribution in [3.63, 3.8) is 0 Å². The molecule has 1 N–H and O–H groups in total. The molecule has 2 unspecified atom stereocenters. The van der Waals surface area contributed by atoms with Crippen molar-refractivity contribution in [1.29, 1.82) is 0 Å². The van der Waals surface area contributed by atoms with Crippen molar-refractivity contribution in [2.45, 2.75) is 15.7 Å². The van der Waals surface area contributed by atoms with Gasteiger partial charge in [-0.15, -0.1) is 0 Å². The third-order valence-electron chi connectivity index (χ3n) is 5.82. The summed E-state index contributed by atoms with van der Waals surface area (Å²) in [5, 5.41) is 3.85. The van der Waals surface area contributed by atoms with Gasteiger partial charge in [0.25, 0.3) is 0 Å². The molecule has 0 aromatic heterocycles. The monoisotopic (exact) mass is 529 g/mol. The summed E-state index contributed by atoms with van der Waals surface area (Å²) in [6.45, 7) is 0. The summed E-state index contributed by atoms with van der Waals surface area (Å²) in [6.07, 6.45) is 2.23. The lowest BCUT2D eigenvalue weighted by atomic mass is 9.89. The Bertz CT molecular complexity index is 1140. The zero-order valence-electron chi connectivity index (χ0n) is 17.6. The van der Waals surface area contributed by atoms with Gasteiger partial charge in [0.05, 0.1) is 9.97 Å². The molecular formula is C29H24INO. The predicted molar refractivity (Wildman–Crippen MR) is 138 cm³/mol. The van der Waals surface area contributed by atoms with Crippen LogP contribution in [0.1, 0.15) is 32.2 Å². The molecule has 0 saturated carbocycles. The lowest BCUT2D eigenvalue weighted by Gasteiger charge is -2.44. The van der Waals surface area contributed by atoms with Crippen LogP contribution in [-0.2, 0) is 10.5 Å². The SMILES string of the molecule is IC(C1=CC(c2ccccc2)NC(c2ccccc2)(c2ccccc2)O1)c1ccccc1. The summed E-state index contributed by atoms with van der Waals surface area (Å²) < 4.78 is 7.05. The Hall–Kier alpha value is -2.89. The molecule has 2 nitrogen and oxygen atoms in total. The second kappa shape index (κ2) is 9.31. The van der Waals surface area contributed by atoms with Gasteiger partial charge in [0.15, 0.2) is 0 Å². The third-order valence-corrected chi connectivity index (χ3v) is 7.15. The molecule has 2 atom stereocenters. The summed E-state index contributed by atoms with van der Waals surface area (Å²) in [5.74, 6) is 0.956. The van der Waals surface area contributed by atoms with E-state index in [0.29, 0.717) is 0 Å². The average molecular weight is 529 g/mol. The van der Waals surface area contributed by atoms with Crippen LogP contribution >= 0.6 is 22.6 Å². The minimum Gasteiger partial charge on any atom is -0.467 e. The molecule has 0 saturated heterocycles. The van der Waals surface area contributed by atoms with Crippen LogP contribution in [0.15, 0.2) is 133 Å². The second-order valence-electron chi connectivity index (χ2n) is 7.89. The molecule has 158 valence electrons. The number of hydrogen-bond donors (Lipinski definition) is 1. The van der Waals surface area contributed by atoms with E-state index in [1.54, 1.807) is 0 Å². The molecule has 0 aliphatic carbocycles. The van der Waals surface area contributed by atoms with Crippen molar-refractivity contribution in [2.24, 2.45) is 0 Å². The second-order valence-corrected chi connectivity index (χ2v) is 9.14. The van der Waals surface area contributed by atoms with E-state index in [0.717, 1.165) is 16.9 Å². The Morgan fingerprint density at radius 2 is 1.12 bits per heavy atom. The normalized spacial score (nSPS) is 18.3. The standard InChI is InChI=1S/C29H24INO/c30-28(23-15-7-2-8-16-23)27-21-26(22-13-5-1-6-14-22)31-29(32-27,24-17-9-3-10-18-24)25-19-11-4-12-20-25/h1-21,26,28,31H. The summed E-state index contributed by atoms with van der Waals surface area (Å²) in [5.41, 5.74) is 3.79. The zero-order chi connectivity index (χ0) is 21.8. The van der Waals surface area contributed by atoms with Crippen molar-refractivity contribution < 1.29 is 4.74 Å². The fraction of sp³-hybridized carbons (Fsp3) is 0.103. The number of allylic oxidation sites excluding steroid dienone is 1. The van der Waals surface area contributed by atoms with Crippen LogP contribution in [0.3, 0.4) is 0 Å². The first-order chi connectivity index (χ1) is 15.8. The molecule has 0 fully saturated rings. The number of hydrogen-bond acceptors (Lipinski definition) is 2. The van der Waals surface area contributed by atoms with E-state index in [1.807, 2.05) is 12.1 Å². The number of rotatable bonds is 5. The van der Waals surface area contributed by atoms with Crippen molar-refractivity contribution in [1.82, 2.24) is 5.32 Å². The molecule has 0 radical (unpaired) electrons.